The molecule has 1 heterocycles. The maximum atomic E-state index is 12.7. The van der Waals surface area contributed by atoms with E-state index in [1.54, 1.807) is 4.90 Å². The summed E-state index contributed by atoms with van der Waals surface area (Å²) in [7, 11) is 1.82. The maximum absolute atomic E-state index is 12.7. The van der Waals surface area contributed by atoms with Gasteiger partial charge in [0.1, 0.15) is 0 Å². The summed E-state index contributed by atoms with van der Waals surface area (Å²) in [6.45, 7) is 0.567. The first-order chi connectivity index (χ1) is 10.2. The molecule has 1 N–H and O–H groups in total. The highest BCUT2D eigenvalue weighted by molar-refractivity contribution is 9.10. The van der Waals surface area contributed by atoms with Crippen LogP contribution < -0.4 is 0 Å². The Balaban J connectivity index is 1.88. The van der Waals surface area contributed by atoms with Crippen LogP contribution in [-0.4, -0.2) is 22.8 Å². The summed E-state index contributed by atoms with van der Waals surface area (Å²) in [4.78, 5) is 17.5. The third-order valence-corrected chi connectivity index (χ3v) is 4.30. The lowest BCUT2D eigenvalue weighted by Crippen LogP contribution is -2.26. The molecule has 0 fully saturated rings. The SMILES string of the molecule is CN(Cc1ccccc1Br)C(=O)c1cccc2cc[nH]c12. The minimum Gasteiger partial charge on any atom is -0.361 e. The number of halogens is 1. The van der Waals surface area contributed by atoms with Gasteiger partial charge in [0, 0.05) is 29.6 Å². The number of amides is 1. The Bertz CT molecular complexity index is 794. The molecule has 0 saturated heterocycles. The Hall–Kier alpha value is -2.07. The van der Waals surface area contributed by atoms with Crippen molar-refractivity contribution in [2.75, 3.05) is 7.05 Å². The average Bonchev–Trinajstić information content (AvgIpc) is 2.97. The van der Waals surface area contributed by atoms with Crippen LogP contribution in [-0.2, 0) is 6.54 Å². The van der Waals surface area contributed by atoms with E-state index in [4.69, 9.17) is 0 Å². The van der Waals surface area contributed by atoms with Crippen LogP contribution in [0.4, 0.5) is 0 Å². The zero-order valence-corrected chi connectivity index (χ0v) is 13.2. The fourth-order valence-electron chi connectivity index (χ4n) is 2.42. The molecule has 0 unspecified atom stereocenters. The number of para-hydroxylation sites is 1. The Morgan fingerprint density at radius 1 is 1.14 bits per heavy atom. The molecule has 3 rings (SSSR count). The first-order valence-corrected chi connectivity index (χ1v) is 7.51. The topological polar surface area (TPSA) is 36.1 Å². The van der Waals surface area contributed by atoms with E-state index in [0.717, 1.165) is 20.9 Å². The number of fused-ring (bicyclic) bond motifs is 1. The molecule has 0 aliphatic carbocycles. The number of nitrogens with zero attached hydrogens (tertiary/aromatic N) is 1. The number of benzene rings is 2. The van der Waals surface area contributed by atoms with Gasteiger partial charge in [-0.15, -0.1) is 0 Å². The number of aromatic amines is 1. The first-order valence-electron chi connectivity index (χ1n) is 6.72. The number of carbonyl (C=O) groups excluding carboxylic acids is 1. The molecule has 0 aliphatic rings. The van der Waals surface area contributed by atoms with Crippen LogP contribution in [0.2, 0.25) is 0 Å². The number of hydrogen-bond acceptors (Lipinski definition) is 1. The van der Waals surface area contributed by atoms with Gasteiger partial charge in [-0.05, 0) is 23.8 Å². The second-order valence-corrected chi connectivity index (χ2v) is 5.85. The van der Waals surface area contributed by atoms with Crippen LogP contribution in [0, 0.1) is 0 Å². The van der Waals surface area contributed by atoms with E-state index >= 15 is 0 Å². The van der Waals surface area contributed by atoms with E-state index in [9.17, 15) is 4.79 Å². The van der Waals surface area contributed by atoms with Crippen molar-refractivity contribution < 1.29 is 4.79 Å². The third-order valence-electron chi connectivity index (χ3n) is 3.53. The largest absolute Gasteiger partial charge is 0.361 e. The standard InChI is InChI=1S/C17H15BrN2O/c1-20(11-13-5-2-3-8-15(13)18)17(21)14-7-4-6-12-9-10-19-16(12)14/h2-10,19H,11H2,1H3. The van der Waals surface area contributed by atoms with Crippen molar-refractivity contribution >= 4 is 32.7 Å². The molecule has 1 aromatic heterocycles. The zero-order chi connectivity index (χ0) is 14.8. The molecule has 0 saturated carbocycles. The molecule has 1 amide bonds. The van der Waals surface area contributed by atoms with Gasteiger partial charge in [-0.25, -0.2) is 0 Å². The van der Waals surface area contributed by atoms with E-state index in [1.165, 1.54) is 0 Å². The molecule has 3 nitrogen and oxygen atoms in total. The fourth-order valence-corrected chi connectivity index (χ4v) is 2.83. The minimum atomic E-state index is 0.0128. The molecule has 3 aromatic rings. The molecule has 0 atom stereocenters. The summed E-state index contributed by atoms with van der Waals surface area (Å²) < 4.78 is 1.02. The smallest absolute Gasteiger partial charge is 0.256 e. The van der Waals surface area contributed by atoms with Gasteiger partial charge in [0.2, 0.25) is 0 Å². The lowest BCUT2D eigenvalue weighted by Gasteiger charge is -2.18. The van der Waals surface area contributed by atoms with Crippen LogP contribution in [0.5, 0.6) is 0 Å². The Labute approximate surface area is 131 Å². The molecular weight excluding hydrogens is 328 g/mol. The van der Waals surface area contributed by atoms with Crippen LogP contribution in [0.15, 0.2) is 59.2 Å². The number of carbonyl (C=O) groups is 1. The number of hydrogen-bond donors (Lipinski definition) is 1. The van der Waals surface area contributed by atoms with Gasteiger partial charge >= 0.3 is 0 Å². The number of nitrogens with one attached hydrogen (secondary N) is 1. The molecular formula is C17H15BrN2O. The van der Waals surface area contributed by atoms with Gasteiger partial charge < -0.3 is 9.88 Å². The molecule has 106 valence electrons. The zero-order valence-electron chi connectivity index (χ0n) is 11.6. The predicted molar refractivity (Wildman–Crippen MR) is 88.2 cm³/mol. The Kier molecular flexibility index (Phi) is 3.80. The predicted octanol–water partition coefficient (Wildman–Crippen LogP) is 4.20. The van der Waals surface area contributed by atoms with Crippen molar-refractivity contribution in [3.63, 3.8) is 0 Å². The fraction of sp³-hybridized carbons (Fsp3) is 0.118. The van der Waals surface area contributed by atoms with Crippen LogP contribution in [0.3, 0.4) is 0 Å². The van der Waals surface area contributed by atoms with Gasteiger partial charge in [0.15, 0.2) is 0 Å². The molecule has 2 aromatic carbocycles. The van der Waals surface area contributed by atoms with Gasteiger partial charge in [-0.3, -0.25) is 4.79 Å². The van der Waals surface area contributed by atoms with Crippen LogP contribution in [0.1, 0.15) is 15.9 Å². The van der Waals surface area contributed by atoms with Crippen molar-refractivity contribution in [3.05, 3.63) is 70.3 Å². The Morgan fingerprint density at radius 3 is 2.76 bits per heavy atom. The number of aromatic nitrogens is 1. The molecule has 0 aliphatic heterocycles. The summed E-state index contributed by atoms with van der Waals surface area (Å²) in [5.74, 6) is 0.0128. The van der Waals surface area contributed by atoms with Crippen molar-refractivity contribution in [1.29, 1.82) is 0 Å². The van der Waals surface area contributed by atoms with Gasteiger partial charge in [-0.1, -0.05) is 46.3 Å². The van der Waals surface area contributed by atoms with E-state index in [1.807, 2.05) is 61.8 Å². The van der Waals surface area contributed by atoms with Crippen molar-refractivity contribution in [2.24, 2.45) is 0 Å². The van der Waals surface area contributed by atoms with Crippen molar-refractivity contribution in [1.82, 2.24) is 9.88 Å². The van der Waals surface area contributed by atoms with Crippen molar-refractivity contribution in [3.8, 4) is 0 Å². The number of rotatable bonds is 3. The molecule has 0 spiro atoms. The summed E-state index contributed by atoms with van der Waals surface area (Å²) in [5.41, 5.74) is 2.68. The second kappa shape index (κ2) is 5.74. The molecule has 0 bridgehead atoms. The Morgan fingerprint density at radius 2 is 1.95 bits per heavy atom. The van der Waals surface area contributed by atoms with Gasteiger partial charge in [0.05, 0.1) is 11.1 Å². The van der Waals surface area contributed by atoms with E-state index in [-0.39, 0.29) is 5.91 Å². The van der Waals surface area contributed by atoms with Gasteiger partial charge in [-0.2, -0.15) is 0 Å². The summed E-state index contributed by atoms with van der Waals surface area (Å²) in [6, 6.07) is 15.7. The summed E-state index contributed by atoms with van der Waals surface area (Å²) in [5, 5.41) is 1.05. The lowest BCUT2D eigenvalue weighted by molar-refractivity contribution is 0.0786. The van der Waals surface area contributed by atoms with Gasteiger partial charge in [0.25, 0.3) is 5.91 Å². The number of H-pyrrole nitrogens is 1. The van der Waals surface area contributed by atoms with E-state index in [2.05, 4.69) is 20.9 Å². The molecule has 21 heavy (non-hydrogen) atoms. The highest BCUT2D eigenvalue weighted by Crippen LogP contribution is 2.21. The maximum Gasteiger partial charge on any atom is 0.256 e. The molecule has 0 radical (unpaired) electrons. The second-order valence-electron chi connectivity index (χ2n) is 5.00. The highest BCUT2D eigenvalue weighted by Gasteiger charge is 2.16. The summed E-state index contributed by atoms with van der Waals surface area (Å²) >= 11 is 3.52. The van der Waals surface area contributed by atoms with Crippen LogP contribution in [0.25, 0.3) is 10.9 Å². The van der Waals surface area contributed by atoms with Crippen LogP contribution >= 0.6 is 15.9 Å². The molecule has 4 heteroatoms. The lowest BCUT2D eigenvalue weighted by atomic mass is 10.1. The van der Waals surface area contributed by atoms with Crippen molar-refractivity contribution in [2.45, 2.75) is 6.54 Å². The first kappa shape index (κ1) is 13.9. The van der Waals surface area contributed by atoms with E-state index in [0.29, 0.717) is 12.1 Å². The van der Waals surface area contributed by atoms with E-state index < -0.39 is 0 Å². The monoisotopic (exact) mass is 342 g/mol. The normalized spacial score (nSPS) is 10.8. The average molecular weight is 343 g/mol. The quantitative estimate of drug-likeness (QED) is 0.760. The minimum absolute atomic E-state index is 0.0128. The highest BCUT2D eigenvalue weighted by atomic mass is 79.9. The summed E-state index contributed by atoms with van der Waals surface area (Å²) in [6.07, 6.45) is 1.86. The third kappa shape index (κ3) is 2.72.